The van der Waals surface area contributed by atoms with E-state index in [1.54, 1.807) is 0 Å². The van der Waals surface area contributed by atoms with Gasteiger partial charge in [0.15, 0.2) is 24.7 Å². The van der Waals surface area contributed by atoms with Crippen LogP contribution in [0.4, 0.5) is 36.4 Å². The van der Waals surface area contributed by atoms with Gasteiger partial charge >= 0.3 is 23.7 Å². The molecule has 0 aliphatic carbocycles. The number of aliphatic hydroxyl groups is 3. The van der Waals surface area contributed by atoms with Crippen molar-refractivity contribution in [1.82, 2.24) is 9.55 Å². The van der Waals surface area contributed by atoms with Gasteiger partial charge in [-0.1, -0.05) is 0 Å². The van der Waals surface area contributed by atoms with Crippen LogP contribution in [0.15, 0.2) is 58.0 Å². The number of nitrogens with two attached hydrogens (primary N) is 1. The lowest BCUT2D eigenvalue weighted by atomic mass is 10.0. The Balaban J connectivity index is 1.44. The lowest BCUT2D eigenvalue weighted by Crippen LogP contribution is -2.54. The second-order valence-electron chi connectivity index (χ2n) is 10.7. The third kappa shape index (κ3) is 7.76. The number of H-pyrrole nitrogens is 1. The number of aromatic nitrogens is 2. The van der Waals surface area contributed by atoms with Gasteiger partial charge in [-0.3, -0.25) is 23.9 Å². The molecule has 0 spiro atoms. The maximum Gasteiger partial charge on any atom is 0.460 e. The minimum atomic E-state index is -6.55. The van der Waals surface area contributed by atoms with Crippen molar-refractivity contribution >= 4 is 17.5 Å². The molecule has 2 aliphatic rings. The van der Waals surface area contributed by atoms with Crippen molar-refractivity contribution in [1.29, 1.82) is 0 Å². The monoisotopic (exact) mass is 732 g/mol. The van der Waals surface area contributed by atoms with Crippen LogP contribution in [0.2, 0.25) is 0 Å². The summed E-state index contributed by atoms with van der Waals surface area (Å²) in [6, 6.07) is 4.56. The van der Waals surface area contributed by atoms with E-state index in [2.05, 4.69) is 10.1 Å². The minimum Gasteiger partial charge on any atom is -0.487 e. The fourth-order valence-corrected chi connectivity index (χ4v) is 4.69. The first-order chi connectivity index (χ1) is 23.2. The maximum absolute atomic E-state index is 13.5. The summed E-state index contributed by atoms with van der Waals surface area (Å²) in [5.41, 5.74) is 3.56. The highest BCUT2D eigenvalue weighted by molar-refractivity contribution is 6.02. The predicted molar refractivity (Wildman–Crippen MR) is 148 cm³/mol. The molecule has 4 rings (SSSR count). The molecule has 0 radical (unpaired) electrons. The van der Waals surface area contributed by atoms with Crippen molar-refractivity contribution in [3.05, 3.63) is 69.2 Å². The topological polar surface area (TPSA) is 234 Å². The molecular formula is C27H27F7N4O12. The number of alkyl halides is 7. The summed E-state index contributed by atoms with van der Waals surface area (Å²) < 4.78 is 117. The van der Waals surface area contributed by atoms with E-state index in [1.807, 2.05) is 4.98 Å². The number of benzene rings is 1. The second-order valence-corrected chi connectivity index (χ2v) is 10.7. The highest BCUT2D eigenvalue weighted by Crippen LogP contribution is 2.46. The molecule has 1 aromatic carbocycles. The van der Waals surface area contributed by atoms with Crippen molar-refractivity contribution in [3.8, 4) is 5.75 Å². The Hall–Kier alpha value is -4.55. The molecule has 7 N–H and O–H groups in total. The average molecular weight is 733 g/mol. The summed E-state index contributed by atoms with van der Waals surface area (Å²) in [6.07, 6.45) is -18.9. The molecule has 0 saturated carbocycles. The zero-order chi connectivity index (χ0) is 37.3. The number of amides is 2. The number of ether oxygens (including phenoxy) is 5. The van der Waals surface area contributed by atoms with Gasteiger partial charge in [-0.25, -0.2) is 4.79 Å². The van der Waals surface area contributed by atoms with Gasteiger partial charge in [-0.05, 0) is 30.3 Å². The molecule has 1 fully saturated rings. The van der Waals surface area contributed by atoms with Gasteiger partial charge in [0.05, 0.1) is 0 Å². The molecule has 1 saturated heterocycles. The Morgan fingerprint density at radius 2 is 1.68 bits per heavy atom. The van der Waals surface area contributed by atoms with Crippen LogP contribution in [-0.4, -0.2) is 111 Å². The molecule has 0 bridgehead atoms. The van der Waals surface area contributed by atoms with Crippen LogP contribution in [0.1, 0.15) is 6.23 Å². The number of rotatable bonds is 12. The number of carbonyl (C=O) groups is 2. The highest BCUT2D eigenvalue weighted by Gasteiger charge is 2.73. The third-order valence-electron chi connectivity index (χ3n) is 7.27. The van der Waals surface area contributed by atoms with Crippen LogP contribution < -0.4 is 27.0 Å². The van der Waals surface area contributed by atoms with Crippen LogP contribution in [0.5, 0.6) is 5.75 Å². The van der Waals surface area contributed by atoms with Gasteiger partial charge < -0.3 is 50.1 Å². The number of carbonyl (C=O) groups excluding carboxylic acids is 2. The van der Waals surface area contributed by atoms with Crippen molar-refractivity contribution in [2.45, 2.75) is 67.2 Å². The maximum atomic E-state index is 13.5. The van der Waals surface area contributed by atoms with Crippen LogP contribution in [-0.2, 0) is 28.5 Å². The van der Waals surface area contributed by atoms with E-state index in [0.29, 0.717) is 0 Å². The van der Waals surface area contributed by atoms with Crippen LogP contribution in [0.25, 0.3) is 0 Å². The van der Waals surface area contributed by atoms with E-state index < -0.39 is 108 Å². The third-order valence-corrected chi connectivity index (χ3v) is 7.27. The standard InChI is InChI=1S/C27H27F7N4O12/c1-46-17-16(42)22(38-7-6-14(40)37-24(38)45)49-18(17)19(20(35)43)50-23-15(41)12(39)8-13(48-23)21(44)36-10-2-4-11(5-3-10)47-9-25(28,29)26(30,31)27(32,33)34/h2-8,12,15-19,22-23,39,41-42H,9H2,1H3,(H2,35,43)(H,36,44)(H,37,40,45)/t12-,15-,16+,17-,18-,19+,22+,23+/m0/s1. The molecule has 2 aromatic rings. The molecule has 8 atom stereocenters. The Morgan fingerprint density at radius 3 is 2.24 bits per heavy atom. The molecule has 2 amide bonds. The Bertz CT molecular complexity index is 1700. The SMILES string of the molecule is CO[C@H]1[C@@H](O)[C@H](n2ccc(=O)[nH]c2=O)O[C@@H]1[C@@H](O[C@H]1OC(C(=O)Nc2ccc(OCC(F)(F)C(F)(F)C(F)(F)F)cc2)=C[C@H](O)[C@@H]1O)C(N)=O. The molecule has 16 nitrogen and oxygen atoms in total. The Labute approximate surface area is 273 Å². The summed E-state index contributed by atoms with van der Waals surface area (Å²) in [5, 5.41) is 33.9. The van der Waals surface area contributed by atoms with Crippen LogP contribution in [0, 0.1) is 0 Å². The Morgan fingerprint density at radius 1 is 1.04 bits per heavy atom. The fraction of sp³-hybridized carbons (Fsp3) is 0.481. The number of aliphatic hydroxyl groups excluding tert-OH is 3. The smallest absolute Gasteiger partial charge is 0.460 e. The minimum absolute atomic E-state index is 0.146. The predicted octanol–water partition coefficient (Wildman–Crippen LogP) is -0.507. The van der Waals surface area contributed by atoms with E-state index in [1.165, 1.54) is 0 Å². The number of hydrogen-bond donors (Lipinski definition) is 6. The summed E-state index contributed by atoms with van der Waals surface area (Å²) >= 11 is 0. The van der Waals surface area contributed by atoms with E-state index in [0.717, 1.165) is 54.3 Å². The van der Waals surface area contributed by atoms with Gasteiger partial charge in [0.2, 0.25) is 12.2 Å². The zero-order valence-corrected chi connectivity index (χ0v) is 25.1. The van der Waals surface area contributed by atoms with E-state index in [-0.39, 0.29) is 5.69 Å². The molecule has 2 aliphatic heterocycles. The number of nitrogens with zero attached hydrogens (tertiary/aromatic N) is 1. The quantitative estimate of drug-likeness (QED) is 0.152. The fourth-order valence-electron chi connectivity index (χ4n) is 4.69. The molecule has 50 heavy (non-hydrogen) atoms. The summed E-state index contributed by atoms with van der Waals surface area (Å²) in [5.74, 6) is -15.8. The van der Waals surface area contributed by atoms with E-state index in [9.17, 15) is 65.2 Å². The van der Waals surface area contributed by atoms with Crippen LogP contribution in [0.3, 0.4) is 0 Å². The van der Waals surface area contributed by atoms with Gasteiger partial charge in [0.25, 0.3) is 11.5 Å². The van der Waals surface area contributed by atoms with E-state index >= 15 is 0 Å². The number of halogens is 7. The van der Waals surface area contributed by atoms with Crippen molar-refractivity contribution in [2.24, 2.45) is 5.73 Å². The Kier molecular flexibility index (Phi) is 11.0. The average Bonchev–Trinajstić information content (AvgIpc) is 3.35. The lowest BCUT2D eigenvalue weighted by molar-refractivity contribution is -0.358. The molecular weight excluding hydrogens is 705 g/mol. The summed E-state index contributed by atoms with van der Waals surface area (Å²) in [7, 11) is 1.10. The second kappa shape index (κ2) is 14.4. The first kappa shape index (κ1) is 38.3. The first-order valence-corrected chi connectivity index (χ1v) is 13.9. The van der Waals surface area contributed by atoms with Crippen LogP contribution >= 0.6 is 0 Å². The zero-order valence-electron chi connectivity index (χ0n) is 25.1. The highest BCUT2D eigenvalue weighted by atomic mass is 19.4. The lowest BCUT2D eigenvalue weighted by Gasteiger charge is -2.35. The number of primary amides is 1. The molecule has 23 heteroatoms. The molecule has 0 unspecified atom stereocenters. The number of methoxy groups -OCH3 is 1. The van der Waals surface area contributed by atoms with Crippen molar-refractivity contribution in [2.75, 3.05) is 19.0 Å². The molecule has 276 valence electrons. The number of hydrogen-bond acceptors (Lipinski definition) is 12. The van der Waals surface area contributed by atoms with E-state index in [4.69, 9.17) is 24.7 Å². The van der Waals surface area contributed by atoms with Gasteiger partial charge in [-0.2, -0.15) is 30.7 Å². The van der Waals surface area contributed by atoms with Gasteiger partial charge in [0.1, 0.15) is 36.3 Å². The first-order valence-electron chi connectivity index (χ1n) is 13.9. The molecule has 1 aromatic heterocycles. The summed E-state index contributed by atoms with van der Waals surface area (Å²) in [4.78, 5) is 51.0. The number of anilines is 1. The van der Waals surface area contributed by atoms with Gasteiger partial charge in [0, 0.05) is 25.1 Å². The van der Waals surface area contributed by atoms with Crippen molar-refractivity contribution < 1.29 is 79.3 Å². The number of aromatic amines is 1. The largest absolute Gasteiger partial charge is 0.487 e. The molecule has 3 heterocycles. The summed E-state index contributed by atoms with van der Waals surface area (Å²) in [6.45, 7) is -2.35. The van der Waals surface area contributed by atoms with Crippen molar-refractivity contribution in [3.63, 3.8) is 0 Å². The number of nitrogens with one attached hydrogen (secondary N) is 2. The van der Waals surface area contributed by atoms with Gasteiger partial charge in [-0.15, -0.1) is 0 Å². The normalized spacial score (nSPS) is 26.5.